The van der Waals surface area contributed by atoms with E-state index in [1.165, 1.54) is 5.69 Å². The first kappa shape index (κ1) is 29.8. The van der Waals surface area contributed by atoms with Crippen LogP contribution in [0.15, 0.2) is 72.9 Å². The molecule has 0 unspecified atom stereocenters. The molecule has 2 saturated heterocycles. The lowest BCUT2D eigenvalue weighted by Crippen LogP contribution is -2.36. The molecule has 0 aliphatic carbocycles. The molecule has 228 valence electrons. The molecule has 6 rings (SSSR count). The first-order chi connectivity index (χ1) is 21.3. The largest absolute Gasteiger partial charge is 0.378 e. The normalized spacial score (nSPS) is 18.4. The average Bonchev–Trinajstić information content (AvgIpc) is 3.52. The van der Waals surface area contributed by atoms with Crippen LogP contribution in [-0.2, 0) is 9.53 Å². The zero-order valence-corrected chi connectivity index (χ0v) is 26.7. The van der Waals surface area contributed by atoms with Gasteiger partial charge in [-0.3, -0.25) is 9.78 Å². The lowest BCUT2D eigenvalue weighted by atomic mass is 9.96. The maximum Gasteiger partial charge on any atom is 0.226 e. The molecule has 0 saturated carbocycles. The third-order valence-corrected chi connectivity index (χ3v) is 9.07. The second kappa shape index (κ2) is 12.8. The fourth-order valence-corrected chi connectivity index (χ4v) is 6.74. The van der Waals surface area contributed by atoms with Crippen LogP contribution in [0.25, 0.3) is 5.69 Å². The van der Waals surface area contributed by atoms with E-state index in [-0.39, 0.29) is 18.0 Å². The maximum atomic E-state index is 13.2. The highest BCUT2D eigenvalue weighted by Crippen LogP contribution is 2.41. The Morgan fingerprint density at radius 3 is 2.48 bits per heavy atom. The van der Waals surface area contributed by atoms with Crippen LogP contribution < -0.4 is 15.5 Å². The lowest BCUT2D eigenvalue weighted by molar-refractivity contribution is -0.116. The molecule has 4 heterocycles. The Morgan fingerprint density at radius 2 is 1.75 bits per heavy atom. The number of hydrogen-bond acceptors (Lipinski definition) is 5. The predicted octanol–water partition coefficient (Wildman–Crippen LogP) is 5.94. The van der Waals surface area contributed by atoms with Crippen molar-refractivity contribution in [2.75, 3.05) is 43.1 Å². The molecule has 2 aliphatic rings. The van der Waals surface area contributed by atoms with E-state index in [4.69, 9.17) is 21.9 Å². The number of carbonyl (C=O) groups excluding carboxylic acids is 1. The molecular weight excluding hydrogens is 568 g/mol. The molecule has 2 N–H and O–H groups in total. The number of aryl methyl sites for hydroxylation is 3. The molecule has 4 aromatic rings. The van der Waals surface area contributed by atoms with Gasteiger partial charge in [0, 0.05) is 60.7 Å². The van der Waals surface area contributed by atoms with Gasteiger partial charge in [0.05, 0.1) is 31.0 Å². The van der Waals surface area contributed by atoms with Gasteiger partial charge in [-0.25, -0.2) is 0 Å². The molecule has 0 radical (unpaired) electrons. The van der Waals surface area contributed by atoms with Gasteiger partial charge in [-0.15, -0.1) is 0 Å². The van der Waals surface area contributed by atoms with Crippen molar-refractivity contribution in [3.05, 3.63) is 107 Å². The highest BCUT2D eigenvalue weighted by molar-refractivity contribution is 7.80. The van der Waals surface area contributed by atoms with Gasteiger partial charge in [0.1, 0.15) is 0 Å². The van der Waals surface area contributed by atoms with Gasteiger partial charge in [0.15, 0.2) is 5.11 Å². The van der Waals surface area contributed by atoms with Crippen LogP contribution in [0, 0.1) is 27.7 Å². The van der Waals surface area contributed by atoms with Gasteiger partial charge in [-0.2, -0.15) is 0 Å². The number of pyridine rings is 1. The second-order valence-corrected chi connectivity index (χ2v) is 12.1. The molecule has 0 bridgehead atoms. The van der Waals surface area contributed by atoms with Crippen molar-refractivity contribution in [3.63, 3.8) is 0 Å². The molecule has 2 aromatic heterocycles. The summed E-state index contributed by atoms with van der Waals surface area (Å²) in [7, 11) is 0. The summed E-state index contributed by atoms with van der Waals surface area (Å²) in [5.74, 6) is -0.0348. The summed E-state index contributed by atoms with van der Waals surface area (Å²) in [6.07, 6.45) is 2.12. The van der Waals surface area contributed by atoms with Crippen LogP contribution in [0.4, 0.5) is 11.4 Å². The molecule has 2 atom stereocenters. The summed E-state index contributed by atoms with van der Waals surface area (Å²) in [5, 5.41) is 7.27. The molecule has 44 heavy (non-hydrogen) atoms. The number of thiocarbonyl (C=S) groups is 1. The number of anilines is 2. The number of hydrogen-bond donors (Lipinski definition) is 2. The van der Waals surface area contributed by atoms with E-state index in [0.717, 1.165) is 71.5 Å². The topological polar surface area (TPSA) is 74.7 Å². The van der Waals surface area contributed by atoms with Crippen molar-refractivity contribution in [1.29, 1.82) is 0 Å². The van der Waals surface area contributed by atoms with Gasteiger partial charge in [-0.1, -0.05) is 18.2 Å². The van der Waals surface area contributed by atoms with E-state index in [1.807, 2.05) is 50.4 Å². The zero-order valence-electron chi connectivity index (χ0n) is 25.8. The SMILES string of the molecule is Cc1ccc(C)c(NC(=O)CCN2C(=S)N[C@@H](c3ccccn3)[C@H]2c2cc(C)n(-c3ccc(N4CCOCC4)cc3)c2C)c1. The smallest absolute Gasteiger partial charge is 0.226 e. The number of benzene rings is 2. The summed E-state index contributed by atoms with van der Waals surface area (Å²) >= 11 is 5.90. The van der Waals surface area contributed by atoms with Crippen molar-refractivity contribution >= 4 is 34.6 Å². The minimum Gasteiger partial charge on any atom is -0.378 e. The summed E-state index contributed by atoms with van der Waals surface area (Å²) in [6, 6.07) is 22.8. The van der Waals surface area contributed by atoms with Gasteiger partial charge in [0.25, 0.3) is 0 Å². The zero-order chi connectivity index (χ0) is 30.8. The molecular formula is C35H40N6O2S. The van der Waals surface area contributed by atoms with Crippen LogP contribution in [0.2, 0.25) is 0 Å². The minimum atomic E-state index is -0.150. The van der Waals surface area contributed by atoms with E-state index in [2.05, 4.69) is 75.2 Å². The van der Waals surface area contributed by atoms with Crippen LogP contribution in [0.1, 0.15) is 52.3 Å². The molecule has 8 nitrogen and oxygen atoms in total. The number of carbonyl (C=O) groups is 1. The van der Waals surface area contributed by atoms with E-state index >= 15 is 0 Å². The third kappa shape index (κ3) is 6.07. The number of amides is 1. The van der Waals surface area contributed by atoms with Gasteiger partial charge in [-0.05, 0) is 105 Å². The number of ether oxygens (including phenoxy) is 1. The Labute approximate surface area is 265 Å². The van der Waals surface area contributed by atoms with Crippen LogP contribution in [0.3, 0.4) is 0 Å². The van der Waals surface area contributed by atoms with Crippen molar-refractivity contribution in [2.45, 2.75) is 46.2 Å². The second-order valence-electron chi connectivity index (χ2n) is 11.7. The molecule has 2 fully saturated rings. The monoisotopic (exact) mass is 608 g/mol. The number of rotatable bonds is 8. The van der Waals surface area contributed by atoms with E-state index in [0.29, 0.717) is 18.1 Å². The molecule has 2 aliphatic heterocycles. The molecule has 9 heteroatoms. The number of nitrogens with zero attached hydrogens (tertiary/aromatic N) is 4. The highest BCUT2D eigenvalue weighted by Gasteiger charge is 2.41. The van der Waals surface area contributed by atoms with Crippen LogP contribution >= 0.6 is 12.2 Å². The summed E-state index contributed by atoms with van der Waals surface area (Å²) in [5.41, 5.74) is 9.70. The van der Waals surface area contributed by atoms with Crippen molar-refractivity contribution in [1.82, 2.24) is 19.8 Å². The van der Waals surface area contributed by atoms with E-state index < -0.39 is 0 Å². The van der Waals surface area contributed by atoms with Gasteiger partial charge < -0.3 is 29.7 Å². The fourth-order valence-electron chi connectivity index (χ4n) is 6.41. The fraction of sp³-hybridized carbons (Fsp3) is 0.343. The van der Waals surface area contributed by atoms with Gasteiger partial charge >= 0.3 is 0 Å². The highest BCUT2D eigenvalue weighted by atomic mass is 32.1. The van der Waals surface area contributed by atoms with E-state index in [9.17, 15) is 4.79 Å². The summed E-state index contributed by atoms with van der Waals surface area (Å²) in [4.78, 5) is 22.4. The molecule has 0 spiro atoms. The molecule has 2 aromatic carbocycles. The van der Waals surface area contributed by atoms with Crippen molar-refractivity contribution in [3.8, 4) is 5.69 Å². The number of morpholine rings is 1. The minimum absolute atomic E-state index is 0.0348. The van der Waals surface area contributed by atoms with Gasteiger partial charge in [0.2, 0.25) is 5.91 Å². The number of aromatic nitrogens is 2. The Hall–Kier alpha value is -4.21. The summed E-state index contributed by atoms with van der Waals surface area (Å²) in [6.45, 7) is 12.2. The lowest BCUT2D eigenvalue weighted by Gasteiger charge is -2.29. The van der Waals surface area contributed by atoms with Crippen LogP contribution in [-0.4, -0.2) is 58.3 Å². The standard InChI is InChI=1S/C35H40N6O2S/c1-23-8-9-24(2)31(21-23)37-32(42)14-16-40-34(33(38-35(40)44)30-7-5-6-15-36-30)29-22-25(3)41(26(29)4)28-12-10-27(11-13-28)39-17-19-43-20-18-39/h5-13,15,21-22,33-34H,14,16-20H2,1-4H3,(H,37,42)(H,38,44)/t33-,34+/m0/s1. The van der Waals surface area contributed by atoms with Crippen molar-refractivity contribution < 1.29 is 9.53 Å². The Bertz CT molecular complexity index is 1650. The summed E-state index contributed by atoms with van der Waals surface area (Å²) < 4.78 is 7.84. The first-order valence-corrected chi connectivity index (χ1v) is 15.7. The number of nitrogens with one attached hydrogen (secondary N) is 2. The first-order valence-electron chi connectivity index (χ1n) is 15.3. The quantitative estimate of drug-likeness (QED) is 0.240. The van der Waals surface area contributed by atoms with Crippen molar-refractivity contribution in [2.24, 2.45) is 0 Å². The average molecular weight is 609 g/mol. The Balaban J connectivity index is 1.28. The molecule has 1 amide bonds. The maximum absolute atomic E-state index is 13.2. The van der Waals surface area contributed by atoms with E-state index in [1.54, 1.807) is 0 Å². The third-order valence-electron chi connectivity index (χ3n) is 8.72. The van der Waals surface area contributed by atoms with Crippen LogP contribution in [0.5, 0.6) is 0 Å². The predicted molar refractivity (Wildman–Crippen MR) is 180 cm³/mol. The Kier molecular flexibility index (Phi) is 8.68. The Morgan fingerprint density at radius 1 is 1.00 bits per heavy atom.